The maximum atomic E-state index is 12.0. The highest BCUT2D eigenvalue weighted by Crippen LogP contribution is 2.31. The van der Waals surface area contributed by atoms with Crippen molar-refractivity contribution in [3.8, 4) is 0 Å². The lowest BCUT2D eigenvalue weighted by atomic mass is 9.89. The van der Waals surface area contributed by atoms with Crippen molar-refractivity contribution in [1.82, 2.24) is 4.90 Å². The highest BCUT2D eigenvalue weighted by Gasteiger charge is 2.41. The van der Waals surface area contributed by atoms with Gasteiger partial charge in [-0.25, -0.2) is 0 Å². The quantitative estimate of drug-likeness (QED) is 0.792. The Labute approximate surface area is 105 Å². The summed E-state index contributed by atoms with van der Waals surface area (Å²) in [5.41, 5.74) is 4.79. The fraction of sp³-hybridized carbons (Fsp3) is 0.818. The molecular formula is C11H19BrN2O2. The van der Waals surface area contributed by atoms with E-state index in [2.05, 4.69) is 15.9 Å². The Morgan fingerprint density at radius 1 is 1.44 bits per heavy atom. The second-order valence-corrected chi connectivity index (χ2v) is 6.07. The number of amides is 2. The minimum absolute atomic E-state index is 0.0555. The molecule has 0 radical (unpaired) electrons. The van der Waals surface area contributed by atoms with Gasteiger partial charge in [0, 0.05) is 13.1 Å². The van der Waals surface area contributed by atoms with Crippen LogP contribution in [0.2, 0.25) is 0 Å². The predicted molar refractivity (Wildman–Crippen MR) is 66.1 cm³/mol. The molecule has 2 amide bonds. The number of carbonyl (C=O) groups is 2. The summed E-state index contributed by atoms with van der Waals surface area (Å²) in [6.45, 7) is 6.85. The number of nitrogens with two attached hydrogens (primary N) is 1. The van der Waals surface area contributed by atoms with Gasteiger partial charge in [0.25, 0.3) is 0 Å². The standard InChI is InChI=1S/C11H19BrN2O2/c1-7(2)8(12)9(15)14-5-4-11(3,6-14)10(13)16/h7-8H,4-6H2,1-3H3,(H2,13,16). The Bertz CT molecular complexity index is 306. The topological polar surface area (TPSA) is 63.4 Å². The molecule has 1 aliphatic rings. The summed E-state index contributed by atoms with van der Waals surface area (Å²) in [7, 11) is 0. The molecule has 0 bridgehead atoms. The first-order valence-electron chi connectivity index (χ1n) is 5.51. The normalized spacial score (nSPS) is 27.2. The number of hydrogen-bond donors (Lipinski definition) is 1. The van der Waals surface area contributed by atoms with Crippen molar-refractivity contribution in [1.29, 1.82) is 0 Å². The summed E-state index contributed by atoms with van der Waals surface area (Å²) in [4.78, 5) is 24.8. The number of primary amides is 1. The van der Waals surface area contributed by atoms with Gasteiger partial charge in [-0.15, -0.1) is 0 Å². The molecule has 2 unspecified atom stereocenters. The third-order valence-corrected chi connectivity index (χ3v) is 4.65. The van der Waals surface area contributed by atoms with Crippen LogP contribution in [0.15, 0.2) is 0 Å². The zero-order chi connectivity index (χ0) is 12.5. The van der Waals surface area contributed by atoms with Gasteiger partial charge >= 0.3 is 0 Å². The van der Waals surface area contributed by atoms with E-state index >= 15 is 0 Å². The average Bonchev–Trinajstić information content (AvgIpc) is 2.60. The molecule has 16 heavy (non-hydrogen) atoms. The Morgan fingerprint density at radius 3 is 2.38 bits per heavy atom. The van der Waals surface area contributed by atoms with E-state index in [1.54, 1.807) is 4.90 Å². The van der Waals surface area contributed by atoms with Crippen LogP contribution in [-0.2, 0) is 9.59 Å². The molecule has 2 atom stereocenters. The zero-order valence-electron chi connectivity index (χ0n) is 10.00. The monoisotopic (exact) mass is 290 g/mol. The van der Waals surface area contributed by atoms with Crippen molar-refractivity contribution in [2.24, 2.45) is 17.1 Å². The Balaban J connectivity index is 2.67. The first-order valence-corrected chi connectivity index (χ1v) is 6.42. The predicted octanol–water partition coefficient (Wildman–Crippen LogP) is 1.13. The fourth-order valence-electron chi connectivity index (χ4n) is 1.81. The van der Waals surface area contributed by atoms with Gasteiger partial charge in [0.2, 0.25) is 11.8 Å². The molecule has 0 aromatic rings. The van der Waals surface area contributed by atoms with Gasteiger partial charge in [0.1, 0.15) is 0 Å². The molecular weight excluding hydrogens is 272 g/mol. The first kappa shape index (κ1) is 13.5. The van der Waals surface area contributed by atoms with Crippen LogP contribution < -0.4 is 5.73 Å². The van der Waals surface area contributed by atoms with Crippen molar-refractivity contribution in [3.05, 3.63) is 0 Å². The molecule has 2 N–H and O–H groups in total. The summed E-state index contributed by atoms with van der Waals surface area (Å²) in [5, 5.41) is 0. The lowest BCUT2D eigenvalue weighted by Gasteiger charge is -2.24. The van der Waals surface area contributed by atoms with E-state index in [1.807, 2.05) is 20.8 Å². The van der Waals surface area contributed by atoms with Crippen molar-refractivity contribution < 1.29 is 9.59 Å². The van der Waals surface area contributed by atoms with Crippen LogP contribution in [0.4, 0.5) is 0 Å². The van der Waals surface area contributed by atoms with Crippen molar-refractivity contribution in [2.75, 3.05) is 13.1 Å². The number of hydrogen-bond acceptors (Lipinski definition) is 2. The van der Waals surface area contributed by atoms with Gasteiger partial charge in [0.15, 0.2) is 0 Å². The van der Waals surface area contributed by atoms with E-state index in [0.29, 0.717) is 19.5 Å². The SMILES string of the molecule is CC(C)C(Br)C(=O)N1CCC(C)(C(N)=O)C1. The summed E-state index contributed by atoms with van der Waals surface area (Å²) < 4.78 is 0. The average molecular weight is 291 g/mol. The van der Waals surface area contributed by atoms with E-state index in [9.17, 15) is 9.59 Å². The number of halogens is 1. The summed E-state index contributed by atoms with van der Waals surface area (Å²) in [5.74, 6) is -0.0219. The minimum Gasteiger partial charge on any atom is -0.369 e. The molecule has 0 saturated carbocycles. The second-order valence-electron chi connectivity index (χ2n) is 5.08. The van der Waals surface area contributed by atoms with Crippen molar-refractivity contribution in [2.45, 2.75) is 32.0 Å². The van der Waals surface area contributed by atoms with Gasteiger partial charge in [0.05, 0.1) is 10.2 Å². The molecule has 1 fully saturated rings. The third kappa shape index (κ3) is 2.56. The molecule has 1 saturated heterocycles. The van der Waals surface area contributed by atoms with Crippen LogP contribution in [0.1, 0.15) is 27.2 Å². The molecule has 0 aliphatic carbocycles. The van der Waals surface area contributed by atoms with Gasteiger partial charge < -0.3 is 10.6 Å². The number of likely N-dealkylation sites (tertiary alicyclic amines) is 1. The smallest absolute Gasteiger partial charge is 0.236 e. The maximum absolute atomic E-state index is 12.0. The molecule has 0 aromatic carbocycles. The van der Waals surface area contributed by atoms with Crippen molar-refractivity contribution >= 4 is 27.7 Å². The van der Waals surface area contributed by atoms with E-state index in [1.165, 1.54) is 0 Å². The minimum atomic E-state index is -0.556. The summed E-state index contributed by atoms with van der Waals surface area (Å²) in [6.07, 6.45) is 0.659. The largest absolute Gasteiger partial charge is 0.369 e. The maximum Gasteiger partial charge on any atom is 0.236 e. The van der Waals surface area contributed by atoms with Crippen LogP contribution in [0.25, 0.3) is 0 Å². The molecule has 92 valence electrons. The van der Waals surface area contributed by atoms with E-state index in [-0.39, 0.29) is 22.6 Å². The zero-order valence-corrected chi connectivity index (χ0v) is 11.6. The van der Waals surface area contributed by atoms with Gasteiger partial charge in [-0.2, -0.15) is 0 Å². The lowest BCUT2D eigenvalue weighted by molar-refractivity contribution is -0.131. The van der Waals surface area contributed by atoms with Crippen LogP contribution >= 0.6 is 15.9 Å². The molecule has 0 aromatic heterocycles. The third-order valence-electron chi connectivity index (χ3n) is 3.20. The van der Waals surface area contributed by atoms with Gasteiger partial charge in [-0.1, -0.05) is 29.8 Å². The van der Waals surface area contributed by atoms with E-state index < -0.39 is 5.41 Å². The highest BCUT2D eigenvalue weighted by atomic mass is 79.9. The molecule has 0 spiro atoms. The number of alkyl halides is 1. The van der Waals surface area contributed by atoms with Gasteiger partial charge in [-0.3, -0.25) is 9.59 Å². The van der Waals surface area contributed by atoms with Crippen LogP contribution in [0.5, 0.6) is 0 Å². The highest BCUT2D eigenvalue weighted by molar-refractivity contribution is 9.10. The second kappa shape index (κ2) is 4.73. The van der Waals surface area contributed by atoms with Crippen LogP contribution in [-0.4, -0.2) is 34.6 Å². The van der Waals surface area contributed by atoms with Crippen molar-refractivity contribution in [3.63, 3.8) is 0 Å². The van der Waals surface area contributed by atoms with E-state index in [0.717, 1.165) is 0 Å². The van der Waals surface area contributed by atoms with Crippen LogP contribution in [0.3, 0.4) is 0 Å². The number of rotatable bonds is 3. The molecule has 4 nitrogen and oxygen atoms in total. The molecule has 1 aliphatic heterocycles. The molecule has 1 heterocycles. The Morgan fingerprint density at radius 2 is 2.00 bits per heavy atom. The van der Waals surface area contributed by atoms with Crippen LogP contribution in [0, 0.1) is 11.3 Å². The number of carbonyl (C=O) groups excluding carboxylic acids is 2. The Hall–Kier alpha value is -0.580. The van der Waals surface area contributed by atoms with Gasteiger partial charge in [-0.05, 0) is 19.3 Å². The summed E-state index contributed by atoms with van der Waals surface area (Å²) in [6, 6.07) is 0. The first-order chi connectivity index (χ1) is 7.28. The fourth-order valence-corrected chi connectivity index (χ4v) is 2.10. The van der Waals surface area contributed by atoms with E-state index in [4.69, 9.17) is 5.73 Å². The lowest BCUT2D eigenvalue weighted by Crippen LogP contribution is -2.41. The molecule has 5 heteroatoms. The Kier molecular flexibility index (Phi) is 3.99. The number of nitrogens with zero attached hydrogens (tertiary/aromatic N) is 1. The molecule has 1 rings (SSSR count). The summed E-state index contributed by atoms with van der Waals surface area (Å²) >= 11 is 3.38.